The standard InChI is InChI=1S/C23H22F3N3O2/c1-28-13-15(12-27-28)17-10-14(21(30)29-8-4-5-9-29)11-19-20(17)16-6-2-3-7-18(16)22(19,31)23(24,25)26/h2-3,6-7,10-12,15,31H,4-5,8-9,13H2,1H3. The van der Waals surface area contributed by atoms with Gasteiger partial charge < -0.3 is 10.0 Å². The van der Waals surface area contributed by atoms with Crippen LogP contribution in [0.25, 0.3) is 11.1 Å². The first-order valence-electron chi connectivity index (χ1n) is 10.3. The highest BCUT2D eigenvalue weighted by molar-refractivity contribution is 5.98. The number of likely N-dealkylation sites (N-methyl/N-ethyl adjacent to an activating group) is 1. The maximum atomic E-state index is 14.3. The van der Waals surface area contributed by atoms with Crippen molar-refractivity contribution in [2.45, 2.75) is 30.5 Å². The number of amides is 1. The Morgan fingerprint density at radius 1 is 1.16 bits per heavy atom. The number of halogens is 3. The Balaban J connectivity index is 1.78. The molecule has 162 valence electrons. The Bertz CT molecular complexity index is 1090. The Morgan fingerprint density at radius 2 is 1.87 bits per heavy atom. The third-order valence-electron chi connectivity index (χ3n) is 6.50. The number of aliphatic hydroxyl groups is 1. The molecule has 0 spiro atoms. The summed E-state index contributed by atoms with van der Waals surface area (Å²) < 4.78 is 43.0. The highest BCUT2D eigenvalue weighted by atomic mass is 19.4. The van der Waals surface area contributed by atoms with E-state index in [9.17, 15) is 23.1 Å². The van der Waals surface area contributed by atoms with Crippen LogP contribution in [0.15, 0.2) is 41.5 Å². The monoisotopic (exact) mass is 429 g/mol. The van der Waals surface area contributed by atoms with Gasteiger partial charge in [-0.2, -0.15) is 18.3 Å². The summed E-state index contributed by atoms with van der Waals surface area (Å²) in [6, 6.07) is 8.98. The van der Waals surface area contributed by atoms with Gasteiger partial charge >= 0.3 is 6.18 Å². The van der Waals surface area contributed by atoms with Crippen molar-refractivity contribution in [3.8, 4) is 11.1 Å². The average Bonchev–Trinajstić information content (AvgIpc) is 3.47. The molecule has 0 aromatic heterocycles. The van der Waals surface area contributed by atoms with Crippen molar-refractivity contribution in [3.63, 3.8) is 0 Å². The van der Waals surface area contributed by atoms with Gasteiger partial charge in [-0.25, -0.2) is 0 Å². The zero-order valence-corrected chi connectivity index (χ0v) is 17.0. The predicted octanol–water partition coefficient (Wildman–Crippen LogP) is 3.72. The number of hydrogen-bond donors (Lipinski definition) is 1. The number of benzene rings is 2. The van der Waals surface area contributed by atoms with Gasteiger partial charge in [-0.05, 0) is 41.7 Å². The van der Waals surface area contributed by atoms with Crippen molar-refractivity contribution in [1.29, 1.82) is 0 Å². The maximum absolute atomic E-state index is 14.3. The van der Waals surface area contributed by atoms with Crippen molar-refractivity contribution in [3.05, 3.63) is 58.7 Å². The quantitative estimate of drug-likeness (QED) is 0.792. The number of rotatable bonds is 2. The summed E-state index contributed by atoms with van der Waals surface area (Å²) in [5, 5.41) is 17.1. The molecule has 2 atom stereocenters. The van der Waals surface area contributed by atoms with E-state index in [0.717, 1.165) is 12.8 Å². The number of alkyl halides is 3. The van der Waals surface area contributed by atoms with Crippen molar-refractivity contribution < 1.29 is 23.1 Å². The predicted molar refractivity (Wildman–Crippen MR) is 110 cm³/mol. The molecule has 0 saturated carbocycles. The number of hydrazone groups is 1. The summed E-state index contributed by atoms with van der Waals surface area (Å²) in [7, 11) is 1.79. The number of carbonyl (C=O) groups excluding carboxylic acids is 1. The second-order valence-electron chi connectivity index (χ2n) is 8.45. The Labute approximate surface area is 177 Å². The van der Waals surface area contributed by atoms with Crippen LogP contribution in [-0.4, -0.2) is 60.0 Å². The van der Waals surface area contributed by atoms with Crippen LogP contribution in [0.3, 0.4) is 0 Å². The number of carbonyl (C=O) groups is 1. The van der Waals surface area contributed by atoms with Crippen LogP contribution in [0.2, 0.25) is 0 Å². The molecule has 2 aromatic rings. The van der Waals surface area contributed by atoms with Crippen LogP contribution in [0.1, 0.15) is 45.8 Å². The first kappa shape index (κ1) is 20.1. The van der Waals surface area contributed by atoms with Crippen molar-refractivity contribution >= 4 is 12.1 Å². The molecule has 0 radical (unpaired) electrons. The van der Waals surface area contributed by atoms with Crippen LogP contribution in [0, 0.1) is 0 Å². The molecule has 2 heterocycles. The van der Waals surface area contributed by atoms with E-state index < -0.39 is 11.8 Å². The van der Waals surface area contributed by atoms with Crippen LogP contribution in [-0.2, 0) is 5.60 Å². The lowest BCUT2D eigenvalue weighted by Gasteiger charge is -2.29. The van der Waals surface area contributed by atoms with Crippen LogP contribution in [0.4, 0.5) is 13.2 Å². The first-order valence-corrected chi connectivity index (χ1v) is 10.3. The van der Waals surface area contributed by atoms with E-state index in [4.69, 9.17) is 0 Å². The molecule has 1 aliphatic carbocycles. The number of hydrogen-bond acceptors (Lipinski definition) is 4. The van der Waals surface area contributed by atoms with E-state index in [2.05, 4.69) is 5.10 Å². The maximum Gasteiger partial charge on any atom is 0.425 e. The van der Waals surface area contributed by atoms with E-state index in [1.165, 1.54) is 18.2 Å². The lowest BCUT2D eigenvalue weighted by atomic mass is 9.85. The molecule has 2 aliphatic heterocycles. The summed E-state index contributed by atoms with van der Waals surface area (Å²) in [6.07, 6.45) is -1.50. The molecule has 2 unspecified atom stereocenters. The molecular formula is C23H22F3N3O2. The molecule has 1 N–H and O–H groups in total. The van der Waals surface area contributed by atoms with Crippen LogP contribution >= 0.6 is 0 Å². The van der Waals surface area contributed by atoms with Gasteiger partial charge in [-0.3, -0.25) is 9.80 Å². The second-order valence-corrected chi connectivity index (χ2v) is 8.45. The fourth-order valence-corrected chi connectivity index (χ4v) is 4.99. The van der Waals surface area contributed by atoms with Crippen molar-refractivity contribution in [1.82, 2.24) is 9.91 Å². The Kier molecular flexibility index (Phi) is 4.41. The topological polar surface area (TPSA) is 56.1 Å². The summed E-state index contributed by atoms with van der Waals surface area (Å²) in [5.41, 5.74) is -2.20. The van der Waals surface area contributed by atoms with Gasteiger partial charge in [-0.1, -0.05) is 24.3 Å². The summed E-state index contributed by atoms with van der Waals surface area (Å²) >= 11 is 0. The Morgan fingerprint density at radius 3 is 2.52 bits per heavy atom. The summed E-state index contributed by atoms with van der Waals surface area (Å²) in [4.78, 5) is 14.8. The molecule has 2 aromatic carbocycles. The second kappa shape index (κ2) is 6.82. The zero-order valence-electron chi connectivity index (χ0n) is 17.0. The highest BCUT2D eigenvalue weighted by Gasteiger charge is 2.61. The molecular weight excluding hydrogens is 407 g/mol. The number of nitrogens with zero attached hydrogens (tertiary/aromatic N) is 3. The zero-order chi connectivity index (χ0) is 22.0. The van der Waals surface area contributed by atoms with Crippen molar-refractivity contribution in [2.24, 2.45) is 5.10 Å². The largest absolute Gasteiger partial charge is 0.425 e. The summed E-state index contributed by atoms with van der Waals surface area (Å²) in [5.74, 6) is -0.584. The molecule has 1 fully saturated rings. The van der Waals surface area contributed by atoms with Gasteiger partial charge in [0.15, 0.2) is 0 Å². The third kappa shape index (κ3) is 2.88. The molecule has 1 amide bonds. The fourth-order valence-electron chi connectivity index (χ4n) is 4.99. The van der Waals surface area contributed by atoms with Gasteiger partial charge in [0.25, 0.3) is 5.91 Å². The van der Waals surface area contributed by atoms with E-state index in [0.29, 0.717) is 36.3 Å². The van der Waals surface area contributed by atoms with E-state index in [1.807, 2.05) is 0 Å². The minimum absolute atomic E-state index is 0.175. The lowest BCUT2D eigenvalue weighted by molar-refractivity contribution is -0.246. The Hall–Kier alpha value is -2.87. The molecule has 5 nitrogen and oxygen atoms in total. The van der Waals surface area contributed by atoms with Gasteiger partial charge in [0.1, 0.15) is 0 Å². The van der Waals surface area contributed by atoms with E-state index in [1.54, 1.807) is 41.4 Å². The van der Waals surface area contributed by atoms with Crippen molar-refractivity contribution in [2.75, 3.05) is 26.7 Å². The normalized spacial score (nSPS) is 24.6. The van der Waals surface area contributed by atoms with Gasteiger partial charge in [0.2, 0.25) is 5.60 Å². The van der Waals surface area contributed by atoms with Crippen LogP contribution < -0.4 is 0 Å². The fraction of sp³-hybridized carbons (Fsp3) is 0.391. The molecule has 1 saturated heterocycles. The molecule has 31 heavy (non-hydrogen) atoms. The molecule has 3 aliphatic rings. The average molecular weight is 429 g/mol. The minimum atomic E-state index is -4.94. The SMILES string of the molecule is CN1CC(c2cc(C(=O)N3CCCC3)cc3c2-c2ccccc2C3(O)C(F)(F)F)C=N1. The van der Waals surface area contributed by atoms with Gasteiger partial charge in [0.05, 0.1) is 0 Å². The smallest absolute Gasteiger partial charge is 0.372 e. The minimum Gasteiger partial charge on any atom is -0.372 e. The van der Waals surface area contributed by atoms with E-state index >= 15 is 0 Å². The molecule has 0 bridgehead atoms. The summed E-state index contributed by atoms with van der Waals surface area (Å²) in [6.45, 7) is 1.66. The number of likely N-dealkylation sites (tertiary alicyclic amines) is 1. The lowest BCUT2D eigenvalue weighted by Crippen LogP contribution is -2.42. The molecule has 5 rings (SSSR count). The highest BCUT2D eigenvalue weighted by Crippen LogP contribution is 2.57. The van der Waals surface area contributed by atoms with Gasteiger partial charge in [-0.15, -0.1) is 0 Å². The van der Waals surface area contributed by atoms with Crippen LogP contribution in [0.5, 0.6) is 0 Å². The van der Waals surface area contributed by atoms with Gasteiger partial charge in [0, 0.05) is 55.5 Å². The first-order chi connectivity index (χ1) is 14.7. The van der Waals surface area contributed by atoms with E-state index in [-0.39, 0.29) is 28.5 Å². The number of fused-ring (bicyclic) bond motifs is 3. The third-order valence-corrected chi connectivity index (χ3v) is 6.50. The molecule has 8 heteroatoms.